The van der Waals surface area contributed by atoms with Crippen molar-refractivity contribution in [1.82, 2.24) is 15.5 Å². The van der Waals surface area contributed by atoms with Crippen molar-refractivity contribution in [2.45, 2.75) is 110 Å². The fourth-order valence-electron chi connectivity index (χ4n) is 5.52. The second-order valence-corrected chi connectivity index (χ2v) is 14.8. The van der Waals surface area contributed by atoms with E-state index in [0.29, 0.717) is 29.5 Å². The van der Waals surface area contributed by atoms with Crippen molar-refractivity contribution in [3.63, 3.8) is 0 Å². The summed E-state index contributed by atoms with van der Waals surface area (Å²) in [7, 11) is 0. The van der Waals surface area contributed by atoms with Crippen molar-refractivity contribution in [3.05, 3.63) is 95.1 Å². The molecule has 0 spiro atoms. The Morgan fingerprint density at radius 3 is 1.92 bits per heavy atom. The number of carbonyl (C=O) groups excluding carboxylic acids is 4. The monoisotopic (exact) mass is 687 g/mol. The summed E-state index contributed by atoms with van der Waals surface area (Å²) in [5.41, 5.74) is 0.696. The molecule has 0 aromatic heterocycles. The lowest BCUT2D eigenvalue weighted by atomic mass is 9.97. The Labute approximate surface area is 294 Å². The Bertz CT molecular complexity index is 1660. The van der Waals surface area contributed by atoms with Crippen LogP contribution >= 0.6 is 0 Å². The number of phenolic OH excluding ortho intramolecular Hbond substituents is 2. The largest absolute Gasteiger partial charge is 0.508 e. The molecule has 0 radical (unpaired) electrons. The predicted octanol–water partition coefficient (Wildman–Crippen LogP) is 5.64. The molecule has 3 aromatic carbocycles. The smallest absolute Gasteiger partial charge is 0.408 e. The molecule has 11 heteroatoms. The first kappa shape index (κ1) is 37.8. The lowest BCUT2D eigenvalue weighted by molar-refractivity contribution is -0.159. The van der Waals surface area contributed by atoms with E-state index in [1.807, 2.05) is 30.3 Å². The Kier molecular flexibility index (Phi) is 11.8. The number of hydrogen-bond acceptors (Lipinski definition) is 8. The number of esters is 1. The summed E-state index contributed by atoms with van der Waals surface area (Å²) in [5.74, 6) is -1.72. The zero-order valence-corrected chi connectivity index (χ0v) is 29.9. The van der Waals surface area contributed by atoms with E-state index in [4.69, 9.17) is 9.47 Å². The summed E-state index contributed by atoms with van der Waals surface area (Å²) in [6.45, 7) is 12.1. The number of ether oxygens (including phenoxy) is 2. The maximum atomic E-state index is 14.8. The molecule has 3 aromatic rings. The van der Waals surface area contributed by atoms with Crippen molar-refractivity contribution in [2.75, 3.05) is 0 Å². The summed E-state index contributed by atoms with van der Waals surface area (Å²) < 4.78 is 11.2. The van der Waals surface area contributed by atoms with Crippen molar-refractivity contribution in [1.29, 1.82) is 0 Å². The third-order valence-corrected chi connectivity index (χ3v) is 7.91. The Morgan fingerprint density at radius 1 is 0.780 bits per heavy atom. The van der Waals surface area contributed by atoms with Crippen molar-refractivity contribution < 1.29 is 38.9 Å². The molecule has 11 nitrogen and oxygen atoms in total. The Balaban J connectivity index is 1.76. The topological polar surface area (TPSA) is 154 Å². The molecule has 1 aliphatic carbocycles. The van der Waals surface area contributed by atoms with Gasteiger partial charge in [-0.25, -0.2) is 9.59 Å². The van der Waals surface area contributed by atoms with E-state index in [1.165, 1.54) is 23.1 Å². The minimum atomic E-state index is -1.24. The molecule has 4 rings (SSSR count). The van der Waals surface area contributed by atoms with Gasteiger partial charge >= 0.3 is 12.1 Å². The number of nitrogens with zero attached hydrogens (tertiary/aromatic N) is 1. The van der Waals surface area contributed by atoms with Gasteiger partial charge in [-0.05, 0) is 108 Å². The van der Waals surface area contributed by atoms with E-state index >= 15 is 0 Å². The third-order valence-electron chi connectivity index (χ3n) is 7.91. The van der Waals surface area contributed by atoms with E-state index in [-0.39, 0.29) is 30.4 Å². The maximum absolute atomic E-state index is 14.8. The lowest BCUT2D eigenvalue weighted by Gasteiger charge is -2.35. The van der Waals surface area contributed by atoms with Crippen LogP contribution in [0.2, 0.25) is 0 Å². The Hall–Kier alpha value is -5.06. The highest BCUT2D eigenvalue weighted by Crippen LogP contribution is 2.37. The van der Waals surface area contributed by atoms with Gasteiger partial charge < -0.3 is 35.2 Å². The number of aryl methyl sites for hydroxylation is 1. The van der Waals surface area contributed by atoms with Gasteiger partial charge in [0.15, 0.2) is 0 Å². The molecule has 0 heterocycles. The molecule has 1 fully saturated rings. The van der Waals surface area contributed by atoms with Crippen LogP contribution < -0.4 is 10.6 Å². The van der Waals surface area contributed by atoms with Gasteiger partial charge in [-0.1, -0.05) is 48.5 Å². The first-order valence-corrected chi connectivity index (χ1v) is 16.9. The Morgan fingerprint density at radius 2 is 1.36 bits per heavy atom. The van der Waals surface area contributed by atoms with Gasteiger partial charge in [-0.15, -0.1) is 0 Å². The van der Waals surface area contributed by atoms with E-state index in [9.17, 15) is 29.4 Å². The molecule has 3 unspecified atom stereocenters. The first-order valence-electron chi connectivity index (χ1n) is 16.9. The van der Waals surface area contributed by atoms with Crippen molar-refractivity contribution in [2.24, 2.45) is 0 Å². The van der Waals surface area contributed by atoms with Crippen LogP contribution in [0, 0.1) is 6.92 Å². The van der Waals surface area contributed by atoms with Gasteiger partial charge in [0.25, 0.3) is 0 Å². The maximum Gasteiger partial charge on any atom is 0.408 e. The van der Waals surface area contributed by atoms with Crippen LogP contribution in [0.15, 0.2) is 72.8 Å². The number of nitrogens with one attached hydrogen (secondary N) is 2. The highest BCUT2D eigenvalue weighted by atomic mass is 16.6. The number of carbonyl (C=O) groups is 4. The lowest BCUT2D eigenvalue weighted by Crippen LogP contribution is -2.56. The third kappa shape index (κ3) is 11.0. The van der Waals surface area contributed by atoms with Crippen LogP contribution in [0.5, 0.6) is 11.5 Å². The predicted molar refractivity (Wildman–Crippen MR) is 188 cm³/mol. The van der Waals surface area contributed by atoms with Crippen LogP contribution in [0.3, 0.4) is 0 Å². The molecule has 4 N–H and O–H groups in total. The van der Waals surface area contributed by atoms with Crippen molar-refractivity contribution >= 4 is 23.9 Å². The summed E-state index contributed by atoms with van der Waals surface area (Å²) in [6, 6.07) is 16.3. The van der Waals surface area contributed by atoms with E-state index in [0.717, 1.165) is 5.56 Å². The molecule has 1 saturated carbocycles. The summed E-state index contributed by atoms with van der Waals surface area (Å²) in [4.78, 5) is 57.5. The van der Waals surface area contributed by atoms with Crippen molar-refractivity contribution in [3.8, 4) is 11.5 Å². The van der Waals surface area contributed by atoms with Crippen LogP contribution in [-0.2, 0) is 36.7 Å². The molecule has 268 valence electrons. The number of amides is 3. The molecule has 1 aliphatic rings. The normalized spacial score (nSPS) is 14.9. The van der Waals surface area contributed by atoms with Gasteiger partial charge in [0, 0.05) is 18.9 Å². The number of rotatable bonds is 12. The zero-order chi connectivity index (χ0) is 36.8. The van der Waals surface area contributed by atoms with E-state index in [2.05, 4.69) is 10.6 Å². The van der Waals surface area contributed by atoms with E-state index < -0.39 is 53.2 Å². The van der Waals surface area contributed by atoms with E-state index in [1.54, 1.807) is 72.7 Å². The molecule has 3 amide bonds. The zero-order valence-electron chi connectivity index (χ0n) is 29.9. The number of alkyl carbamates (subject to hydrolysis) is 1. The SMILES string of the molecule is Cc1cc(C(C(=O)NC(Cc2ccccc2)C(=O)OC(C)(C)C)N(C(=O)C(Cc2ccc(O)cc2)NC(=O)OC(C)(C)C)C2CC2)ccc1O. The minimum absolute atomic E-state index is 0.0183. The first-order chi connectivity index (χ1) is 23.4. The average molecular weight is 688 g/mol. The van der Waals surface area contributed by atoms with Gasteiger partial charge in [0.1, 0.15) is 40.8 Å². The molecular formula is C39H49N3O8. The van der Waals surface area contributed by atoms with Crippen LogP contribution in [0.4, 0.5) is 4.79 Å². The average Bonchev–Trinajstić information content (AvgIpc) is 3.85. The summed E-state index contributed by atoms with van der Waals surface area (Å²) >= 11 is 0. The number of phenols is 2. The quantitative estimate of drug-likeness (QED) is 0.178. The molecule has 3 atom stereocenters. The molecule has 50 heavy (non-hydrogen) atoms. The van der Waals surface area contributed by atoms with Gasteiger partial charge in [-0.2, -0.15) is 0 Å². The minimum Gasteiger partial charge on any atom is -0.508 e. The van der Waals surface area contributed by atoms with Crippen LogP contribution in [0.25, 0.3) is 0 Å². The van der Waals surface area contributed by atoms with Gasteiger partial charge in [0.05, 0.1) is 0 Å². The summed E-state index contributed by atoms with van der Waals surface area (Å²) in [6.07, 6.45) is 0.609. The van der Waals surface area contributed by atoms with Crippen LogP contribution in [0.1, 0.15) is 82.7 Å². The number of aromatic hydroxyl groups is 2. The highest BCUT2D eigenvalue weighted by Gasteiger charge is 2.45. The van der Waals surface area contributed by atoms with Gasteiger partial charge in [0.2, 0.25) is 11.8 Å². The summed E-state index contributed by atoms with van der Waals surface area (Å²) in [5, 5.41) is 25.8. The standard InChI is InChI=1S/C39H49N3O8/c1-24-21-27(15-20-32(24)44)33(34(45)40-31(36(47)49-38(2,3)4)23-25-11-9-8-10-12-25)42(28-16-17-28)35(46)30(41-37(48)50-39(5,6)7)22-26-13-18-29(43)19-14-26/h8-15,18-21,28,30-31,33,43-44H,16-17,22-23H2,1-7H3,(H,40,45)(H,41,48). The second kappa shape index (κ2) is 15.7. The fraction of sp³-hybridized carbons (Fsp3) is 0.436. The number of benzene rings is 3. The van der Waals surface area contributed by atoms with Crippen LogP contribution in [-0.4, -0.2) is 68.3 Å². The molecule has 0 saturated heterocycles. The molecular weight excluding hydrogens is 638 g/mol. The fourth-order valence-corrected chi connectivity index (χ4v) is 5.52. The molecule has 0 aliphatic heterocycles. The highest BCUT2D eigenvalue weighted by molar-refractivity contribution is 5.94. The number of hydrogen-bond donors (Lipinski definition) is 4. The second-order valence-electron chi connectivity index (χ2n) is 14.8. The molecule has 0 bridgehead atoms. The van der Waals surface area contributed by atoms with Gasteiger partial charge in [-0.3, -0.25) is 9.59 Å².